The number of benzene rings is 2. The molecule has 0 aliphatic carbocycles. The first kappa shape index (κ1) is 26.5. The molecule has 2 aromatic carbocycles. The molecule has 0 radical (unpaired) electrons. The van der Waals surface area contributed by atoms with Gasteiger partial charge in [0.1, 0.15) is 22.8 Å². The van der Waals surface area contributed by atoms with E-state index < -0.39 is 18.6 Å². The smallest absolute Gasteiger partial charge is 0.306 e. The first-order valence-electron chi connectivity index (χ1n) is 11.1. The van der Waals surface area contributed by atoms with Crippen molar-refractivity contribution in [3.63, 3.8) is 0 Å². The summed E-state index contributed by atoms with van der Waals surface area (Å²) in [6, 6.07) is 11.5. The number of unbranched alkanes of at least 4 members (excludes halogenated alkanes) is 3. The highest BCUT2D eigenvalue weighted by Gasteiger charge is 2.38. The van der Waals surface area contributed by atoms with Gasteiger partial charge in [0.05, 0.1) is 34.4 Å². The Hall–Kier alpha value is -2.79. The Bertz CT molecular complexity index is 947. The van der Waals surface area contributed by atoms with E-state index in [0.717, 1.165) is 25.7 Å². The van der Waals surface area contributed by atoms with Crippen LogP contribution in [0.15, 0.2) is 42.5 Å². The summed E-state index contributed by atoms with van der Waals surface area (Å²) in [5.41, 5.74) is -0.582. The maximum Gasteiger partial charge on any atom is 0.306 e. The van der Waals surface area contributed by atoms with Gasteiger partial charge in [0.2, 0.25) is 5.52 Å². The topological polar surface area (TPSA) is 88.1 Å². The van der Waals surface area contributed by atoms with Crippen LogP contribution in [0.1, 0.15) is 49.4 Å². The van der Waals surface area contributed by atoms with E-state index in [1.54, 1.807) is 30.3 Å². The van der Waals surface area contributed by atoms with Gasteiger partial charge < -0.3 is 23.5 Å². The molecule has 0 aliphatic rings. The Kier molecular flexibility index (Phi) is 10.5. The first-order chi connectivity index (χ1) is 15.9. The zero-order valence-corrected chi connectivity index (χ0v) is 20.7. The normalized spacial score (nSPS) is 12.5. The van der Waals surface area contributed by atoms with Crippen LogP contribution in [0.3, 0.4) is 0 Å². The van der Waals surface area contributed by atoms with E-state index in [0.29, 0.717) is 17.7 Å². The van der Waals surface area contributed by atoms with Crippen molar-refractivity contribution >= 4 is 23.9 Å². The Morgan fingerprint density at radius 1 is 0.879 bits per heavy atom. The lowest BCUT2D eigenvalue weighted by Gasteiger charge is -2.21. The molecule has 0 aromatic heterocycles. The highest BCUT2D eigenvalue weighted by atomic mass is 31.2. The van der Waals surface area contributed by atoms with Gasteiger partial charge in [-0.05, 0) is 6.42 Å². The molecule has 0 spiro atoms. The molecule has 8 heteroatoms. The standard InChI is InChI=1S/C25H33O7P/c1-5-6-7-11-15-32-23(26)14-16-33(28,20-12-9-8-10-13-20)25(27)24-21(30-3)17-19(29-2)18-22(24)31-4/h8-10,12-13,17-18H,5-7,11,14-16H2,1-4H3. The van der Waals surface area contributed by atoms with Gasteiger partial charge in [0.25, 0.3) is 0 Å². The van der Waals surface area contributed by atoms with E-state index in [1.165, 1.54) is 33.5 Å². The Labute approximate surface area is 195 Å². The SMILES string of the molecule is CCCCCCOC(=O)CCP(=O)(C(=O)c1c(OC)cc(OC)cc1OC)c1ccccc1. The molecule has 0 aliphatic heterocycles. The number of hydrogen-bond donors (Lipinski definition) is 0. The third kappa shape index (κ3) is 6.84. The van der Waals surface area contributed by atoms with Gasteiger partial charge in [0.15, 0.2) is 7.14 Å². The second kappa shape index (κ2) is 13.0. The van der Waals surface area contributed by atoms with E-state index >= 15 is 0 Å². The molecule has 1 unspecified atom stereocenters. The molecule has 7 nitrogen and oxygen atoms in total. The highest BCUT2D eigenvalue weighted by molar-refractivity contribution is 7.87. The third-order valence-electron chi connectivity index (χ3n) is 5.32. The number of carbonyl (C=O) groups excluding carboxylic acids is 2. The third-order valence-corrected chi connectivity index (χ3v) is 8.19. The number of esters is 1. The Balaban J connectivity index is 2.34. The summed E-state index contributed by atoms with van der Waals surface area (Å²) in [5.74, 6) is 0.335. The Morgan fingerprint density at radius 2 is 1.52 bits per heavy atom. The van der Waals surface area contributed by atoms with Crippen LogP contribution in [-0.4, -0.2) is 45.6 Å². The monoisotopic (exact) mass is 476 g/mol. The molecule has 1 atom stereocenters. The van der Waals surface area contributed by atoms with Crippen molar-refractivity contribution in [2.24, 2.45) is 0 Å². The molecule has 180 valence electrons. The van der Waals surface area contributed by atoms with Crippen LogP contribution in [0.2, 0.25) is 0 Å². The summed E-state index contributed by atoms with van der Waals surface area (Å²) >= 11 is 0. The lowest BCUT2D eigenvalue weighted by Crippen LogP contribution is -2.19. The number of ether oxygens (including phenoxy) is 4. The van der Waals surface area contributed by atoms with Crippen molar-refractivity contribution < 1.29 is 33.1 Å². The molecule has 0 amide bonds. The number of rotatable bonds is 14. The Morgan fingerprint density at radius 3 is 2.06 bits per heavy atom. The van der Waals surface area contributed by atoms with Crippen LogP contribution in [0.4, 0.5) is 0 Å². The minimum absolute atomic E-state index is 0.0564. The van der Waals surface area contributed by atoms with Crippen molar-refractivity contribution in [3.05, 3.63) is 48.0 Å². The zero-order chi connectivity index (χ0) is 24.3. The lowest BCUT2D eigenvalue weighted by atomic mass is 10.2. The average molecular weight is 477 g/mol. The predicted octanol–water partition coefficient (Wildman–Crippen LogP) is 5.05. The fourth-order valence-electron chi connectivity index (χ4n) is 3.45. The predicted molar refractivity (Wildman–Crippen MR) is 129 cm³/mol. The van der Waals surface area contributed by atoms with Gasteiger partial charge >= 0.3 is 5.97 Å². The minimum Gasteiger partial charge on any atom is -0.496 e. The maximum absolute atomic E-state index is 14.2. The molecule has 0 fully saturated rings. The van der Waals surface area contributed by atoms with Crippen LogP contribution in [0.25, 0.3) is 0 Å². The zero-order valence-electron chi connectivity index (χ0n) is 19.8. The van der Waals surface area contributed by atoms with Crippen LogP contribution in [0, 0.1) is 0 Å². The summed E-state index contributed by atoms with van der Waals surface area (Å²) in [5, 5.41) is 0.366. The molecule has 2 aromatic rings. The minimum atomic E-state index is -3.73. The fraction of sp³-hybridized carbons (Fsp3) is 0.440. The van der Waals surface area contributed by atoms with Crippen molar-refractivity contribution in [1.29, 1.82) is 0 Å². The second-order valence-corrected chi connectivity index (χ2v) is 10.4. The molecular weight excluding hydrogens is 443 g/mol. The van der Waals surface area contributed by atoms with E-state index in [4.69, 9.17) is 18.9 Å². The second-order valence-electron chi connectivity index (χ2n) is 7.54. The van der Waals surface area contributed by atoms with Gasteiger partial charge in [0, 0.05) is 23.6 Å². The molecule has 0 heterocycles. The summed E-state index contributed by atoms with van der Waals surface area (Å²) in [6.45, 7) is 2.43. The molecular formula is C25H33O7P. The quantitative estimate of drug-likeness (QED) is 0.214. The molecule has 33 heavy (non-hydrogen) atoms. The van der Waals surface area contributed by atoms with Crippen LogP contribution in [-0.2, 0) is 14.1 Å². The van der Waals surface area contributed by atoms with Gasteiger partial charge in [-0.2, -0.15) is 0 Å². The van der Waals surface area contributed by atoms with E-state index in [2.05, 4.69) is 6.92 Å². The summed E-state index contributed by atoms with van der Waals surface area (Å²) in [6.07, 6.45) is 3.67. The van der Waals surface area contributed by atoms with Gasteiger partial charge in [-0.1, -0.05) is 56.5 Å². The molecule has 0 saturated heterocycles. The van der Waals surface area contributed by atoms with Gasteiger partial charge in [-0.25, -0.2) is 0 Å². The van der Waals surface area contributed by atoms with Crippen molar-refractivity contribution in [2.75, 3.05) is 34.1 Å². The van der Waals surface area contributed by atoms with E-state index in [-0.39, 0.29) is 29.6 Å². The van der Waals surface area contributed by atoms with Crippen molar-refractivity contribution in [3.8, 4) is 17.2 Å². The van der Waals surface area contributed by atoms with Crippen molar-refractivity contribution in [1.82, 2.24) is 0 Å². The number of carbonyl (C=O) groups is 2. The average Bonchev–Trinajstić information content (AvgIpc) is 2.86. The molecule has 0 N–H and O–H groups in total. The molecule has 0 saturated carbocycles. The van der Waals surface area contributed by atoms with Crippen molar-refractivity contribution in [2.45, 2.75) is 39.0 Å². The summed E-state index contributed by atoms with van der Waals surface area (Å²) in [7, 11) is 0.574. The number of hydrogen-bond acceptors (Lipinski definition) is 7. The van der Waals surface area contributed by atoms with E-state index in [1.807, 2.05) is 0 Å². The van der Waals surface area contributed by atoms with Crippen LogP contribution < -0.4 is 19.5 Å². The number of methoxy groups -OCH3 is 3. The van der Waals surface area contributed by atoms with Gasteiger partial charge in [-0.3, -0.25) is 9.59 Å². The molecule has 2 rings (SSSR count). The lowest BCUT2D eigenvalue weighted by molar-refractivity contribution is -0.143. The first-order valence-corrected chi connectivity index (χ1v) is 13.0. The largest absolute Gasteiger partial charge is 0.496 e. The molecule has 0 bridgehead atoms. The fourth-order valence-corrected chi connectivity index (χ4v) is 5.88. The van der Waals surface area contributed by atoms with Crippen LogP contribution >= 0.6 is 7.14 Å². The summed E-state index contributed by atoms with van der Waals surface area (Å²) in [4.78, 5) is 26.1. The highest BCUT2D eigenvalue weighted by Crippen LogP contribution is 2.52. The summed E-state index contributed by atoms with van der Waals surface area (Å²) < 4.78 is 35.6. The maximum atomic E-state index is 14.2. The van der Waals surface area contributed by atoms with Gasteiger partial charge in [-0.15, -0.1) is 0 Å². The van der Waals surface area contributed by atoms with Crippen LogP contribution in [0.5, 0.6) is 17.2 Å². The van der Waals surface area contributed by atoms with E-state index in [9.17, 15) is 14.2 Å².